The summed E-state index contributed by atoms with van der Waals surface area (Å²) in [5.74, 6) is -0.963. The molecule has 1 aliphatic heterocycles. The summed E-state index contributed by atoms with van der Waals surface area (Å²) in [7, 11) is 1.48. The van der Waals surface area contributed by atoms with Crippen LogP contribution in [0.2, 0.25) is 5.02 Å². The topological polar surface area (TPSA) is 89.2 Å². The molecule has 160 valence electrons. The number of methoxy groups -OCH3 is 1. The third-order valence-electron chi connectivity index (χ3n) is 4.77. The maximum Gasteiger partial charge on any atom is 0.295 e. The van der Waals surface area contributed by atoms with E-state index in [0.717, 1.165) is 0 Å². The molecule has 1 unspecified atom stereocenters. The van der Waals surface area contributed by atoms with Gasteiger partial charge in [0, 0.05) is 18.7 Å². The van der Waals surface area contributed by atoms with Crippen molar-refractivity contribution in [3.8, 4) is 5.75 Å². The van der Waals surface area contributed by atoms with Gasteiger partial charge in [0.15, 0.2) is 0 Å². The molecule has 0 bridgehead atoms. The number of ether oxygens (including phenoxy) is 2. The van der Waals surface area contributed by atoms with Crippen LogP contribution in [-0.2, 0) is 14.3 Å². The minimum atomic E-state index is -0.833. The zero-order valence-corrected chi connectivity index (χ0v) is 17.8. The Morgan fingerprint density at radius 3 is 2.67 bits per heavy atom. The molecule has 0 radical (unpaired) electrons. The summed E-state index contributed by atoms with van der Waals surface area (Å²) in [6, 6.07) is 7.14. The van der Waals surface area contributed by atoms with Gasteiger partial charge in [-0.05, 0) is 50.6 Å². The highest BCUT2D eigenvalue weighted by atomic mass is 35.5. The molecule has 8 heteroatoms. The van der Waals surface area contributed by atoms with Crippen LogP contribution in [0, 0.1) is 0 Å². The molecule has 2 heterocycles. The molecule has 1 amide bonds. The summed E-state index contributed by atoms with van der Waals surface area (Å²) >= 11 is 6.17. The highest BCUT2D eigenvalue weighted by Gasteiger charge is 2.47. The van der Waals surface area contributed by atoms with Gasteiger partial charge in [-0.15, -0.1) is 0 Å². The van der Waals surface area contributed by atoms with E-state index < -0.39 is 17.7 Å². The van der Waals surface area contributed by atoms with Gasteiger partial charge in [0.1, 0.15) is 23.3 Å². The fraction of sp³-hybridized carbons (Fsp3) is 0.364. The standard InChI is InChI=1S/C22H24ClNO6/c1-13(2)29-11-5-9-24-19(17-6-4-10-30-17)18(21(26)22(24)27)20(25)14-7-8-16(28-3)15(23)12-14/h4,6-8,10,12-13,19,25H,5,9,11H2,1-3H3/b20-18-. The van der Waals surface area contributed by atoms with Crippen molar-refractivity contribution in [2.24, 2.45) is 0 Å². The molecule has 0 saturated carbocycles. The van der Waals surface area contributed by atoms with Crippen LogP contribution in [0.1, 0.15) is 37.6 Å². The summed E-state index contributed by atoms with van der Waals surface area (Å²) in [4.78, 5) is 27.0. The minimum absolute atomic E-state index is 0.0408. The fourth-order valence-corrected chi connectivity index (χ4v) is 3.63. The number of hydrogen-bond acceptors (Lipinski definition) is 6. The predicted octanol–water partition coefficient (Wildman–Crippen LogP) is 4.18. The molecule has 0 aliphatic carbocycles. The van der Waals surface area contributed by atoms with E-state index in [-0.39, 0.29) is 29.0 Å². The lowest BCUT2D eigenvalue weighted by atomic mass is 9.99. The number of halogens is 1. The SMILES string of the molecule is COc1ccc(/C(O)=C2/C(=O)C(=O)N(CCCOC(C)C)C2c2ccco2)cc1Cl. The number of ketones is 1. The van der Waals surface area contributed by atoms with E-state index in [4.69, 9.17) is 25.5 Å². The Labute approximate surface area is 179 Å². The first-order chi connectivity index (χ1) is 14.3. The molecule has 1 saturated heterocycles. The van der Waals surface area contributed by atoms with Crippen molar-refractivity contribution in [2.75, 3.05) is 20.3 Å². The first-order valence-corrected chi connectivity index (χ1v) is 10.00. The van der Waals surface area contributed by atoms with E-state index in [9.17, 15) is 14.7 Å². The third kappa shape index (κ3) is 4.37. The van der Waals surface area contributed by atoms with Gasteiger partial charge in [0.05, 0.1) is 30.1 Å². The van der Waals surface area contributed by atoms with E-state index in [1.165, 1.54) is 24.3 Å². The second kappa shape index (κ2) is 9.36. The van der Waals surface area contributed by atoms with Crippen molar-refractivity contribution >= 4 is 29.1 Å². The van der Waals surface area contributed by atoms with Crippen molar-refractivity contribution in [1.29, 1.82) is 0 Å². The van der Waals surface area contributed by atoms with Gasteiger partial charge in [0.25, 0.3) is 11.7 Å². The summed E-state index contributed by atoms with van der Waals surface area (Å²) in [6.07, 6.45) is 2.07. The Morgan fingerprint density at radius 1 is 1.30 bits per heavy atom. The summed E-state index contributed by atoms with van der Waals surface area (Å²) < 4.78 is 16.2. The predicted molar refractivity (Wildman–Crippen MR) is 111 cm³/mol. The monoisotopic (exact) mass is 433 g/mol. The number of benzene rings is 1. The van der Waals surface area contributed by atoms with Crippen LogP contribution in [0.5, 0.6) is 5.75 Å². The largest absolute Gasteiger partial charge is 0.507 e. The number of Topliss-reactive ketones (excluding diaryl/α,β-unsaturated/α-hetero) is 1. The Morgan fingerprint density at radius 2 is 2.07 bits per heavy atom. The lowest BCUT2D eigenvalue weighted by Crippen LogP contribution is -2.31. The van der Waals surface area contributed by atoms with Gasteiger partial charge in [-0.2, -0.15) is 0 Å². The van der Waals surface area contributed by atoms with Crippen molar-refractivity contribution in [3.05, 3.63) is 58.5 Å². The number of rotatable bonds is 8. The van der Waals surface area contributed by atoms with Gasteiger partial charge < -0.3 is 23.9 Å². The molecule has 7 nitrogen and oxygen atoms in total. The number of amides is 1. The molecule has 0 spiro atoms. The van der Waals surface area contributed by atoms with Crippen LogP contribution in [0.15, 0.2) is 46.6 Å². The quantitative estimate of drug-likeness (QED) is 0.291. The highest BCUT2D eigenvalue weighted by molar-refractivity contribution is 6.46. The fourth-order valence-electron chi connectivity index (χ4n) is 3.38. The second-order valence-corrected chi connectivity index (χ2v) is 7.54. The van der Waals surface area contributed by atoms with Crippen LogP contribution in [0.4, 0.5) is 0 Å². The normalized spacial score (nSPS) is 18.4. The molecule has 1 aromatic carbocycles. The van der Waals surface area contributed by atoms with Crippen LogP contribution in [-0.4, -0.2) is 48.1 Å². The molecule has 30 heavy (non-hydrogen) atoms. The van der Waals surface area contributed by atoms with Crippen molar-refractivity contribution in [3.63, 3.8) is 0 Å². The number of aliphatic hydroxyl groups is 1. The van der Waals surface area contributed by atoms with Gasteiger partial charge >= 0.3 is 0 Å². The summed E-state index contributed by atoms with van der Waals surface area (Å²) in [5.41, 5.74) is 0.263. The third-order valence-corrected chi connectivity index (χ3v) is 5.07. The molecule has 1 fully saturated rings. The van der Waals surface area contributed by atoms with E-state index in [1.54, 1.807) is 24.3 Å². The van der Waals surface area contributed by atoms with Gasteiger partial charge in [0.2, 0.25) is 0 Å². The van der Waals surface area contributed by atoms with Gasteiger partial charge in [-0.25, -0.2) is 0 Å². The lowest BCUT2D eigenvalue weighted by molar-refractivity contribution is -0.140. The van der Waals surface area contributed by atoms with Crippen LogP contribution in [0.3, 0.4) is 0 Å². The van der Waals surface area contributed by atoms with Crippen LogP contribution >= 0.6 is 11.6 Å². The number of nitrogens with zero attached hydrogens (tertiary/aromatic N) is 1. The number of carbonyl (C=O) groups excluding carboxylic acids is 2. The molecule has 1 atom stereocenters. The zero-order valence-electron chi connectivity index (χ0n) is 17.1. The highest BCUT2D eigenvalue weighted by Crippen LogP contribution is 2.40. The number of carbonyl (C=O) groups is 2. The summed E-state index contributed by atoms with van der Waals surface area (Å²) in [6.45, 7) is 4.58. The number of aliphatic hydroxyl groups excluding tert-OH is 1. The molecular weight excluding hydrogens is 410 g/mol. The molecular formula is C22H24ClNO6. The van der Waals surface area contributed by atoms with E-state index in [0.29, 0.717) is 30.1 Å². The molecule has 3 rings (SSSR count). The first-order valence-electron chi connectivity index (χ1n) is 9.62. The minimum Gasteiger partial charge on any atom is -0.507 e. The van der Waals surface area contributed by atoms with Crippen molar-refractivity contribution < 1.29 is 28.6 Å². The zero-order chi connectivity index (χ0) is 21.8. The van der Waals surface area contributed by atoms with Crippen LogP contribution < -0.4 is 4.74 Å². The Bertz CT molecular complexity index is 951. The lowest BCUT2D eigenvalue weighted by Gasteiger charge is -2.23. The van der Waals surface area contributed by atoms with E-state index in [2.05, 4.69) is 0 Å². The summed E-state index contributed by atoms with van der Waals surface area (Å²) in [5, 5.41) is 11.2. The maximum absolute atomic E-state index is 12.8. The number of furan rings is 1. The van der Waals surface area contributed by atoms with E-state index in [1.807, 2.05) is 13.8 Å². The van der Waals surface area contributed by atoms with Crippen molar-refractivity contribution in [2.45, 2.75) is 32.4 Å². The second-order valence-electron chi connectivity index (χ2n) is 7.13. The molecule has 1 N–H and O–H groups in total. The Hall–Kier alpha value is -2.77. The Kier molecular flexibility index (Phi) is 6.84. The smallest absolute Gasteiger partial charge is 0.295 e. The maximum atomic E-state index is 12.8. The number of hydrogen-bond donors (Lipinski definition) is 1. The van der Waals surface area contributed by atoms with Crippen LogP contribution in [0.25, 0.3) is 5.76 Å². The molecule has 1 aliphatic rings. The van der Waals surface area contributed by atoms with Gasteiger partial charge in [-0.3, -0.25) is 9.59 Å². The average Bonchev–Trinajstić information content (AvgIpc) is 3.32. The van der Waals surface area contributed by atoms with Gasteiger partial charge in [-0.1, -0.05) is 11.6 Å². The van der Waals surface area contributed by atoms with E-state index >= 15 is 0 Å². The molecule has 1 aromatic heterocycles. The molecule has 2 aromatic rings. The average molecular weight is 434 g/mol. The Balaban J connectivity index is 1.99. The number of likely N-dealkylation sites (tertiary alicyclic amines) is 1. The first kappa shape index (κ1) is 21.9. The van der Waals surface area contributed by atoms with Crippen molar-refractivity contribution in [1.82, 2.24) is 4.90 Å².